The molecule has 0 aliphatic carbocycles. The summed E-state index contributed by atoms with van der Waals surface area (Å²) in [7, 11) is -1.91. The average molecular weight is 278 g/mol. The van der Waals surface area contributed by atoms with Crippen molar-refractivity contribution in [3.8, 4) is 5.75 Å². The minimum absolute atomic E-state index is 0.962. The van der Waals surface area contributed by atoms with Gasteiger partial charge in [0.15, 0.2) is 0 Å². The lowest BCUT2D eigenvalue weighted by molar-refractivity contribution is 0.565. The monoisotopic (exact) mass is 278 g/mol. The highest BCUT2D eigenvalue weighted by Gasteiger charge is 2.26. The molecule has 0 fully saturated rings. The van der Waals surface area contributed by atoms with Crippen LogP contribution in [0.5, 0.6) is 5.75 Å². The molecule has 0 radical (unpaired) electrons. The molecule has 0 heterocycles. The van der Waals surface area contributed by atoms with E-state index in [0.717, 1.165) is 5.75 Å². The summed E-state index contributed by atoms with van der Waals surface area (Å²) in [5, 5.41) is 3.79. The van der Waals surface area contributed by atoms with Gasteiger partial charge in [0.25, 0.3) is 8.32 Å². The fraction of sp³-hybridized carbons (Fsp3) is 0.111. The van der Waals surface area contributed by atoms with Crippen molar-refractivity contribution >= 4 is 24.3 Å². The molecule has 0 N–H and O–H groups in total. The third-order valence-electron chi connectivity index (χ3n) is 3.56. The summed E-state index contributed by atoms with van der Waals surface area (Å²) in [6, 6.07) is 25.2. The Balaban J connectivity index is 1.92. The van der Waals surface area contributed by atoms with E-state index >= 15 is 0 Å². The van der Waals surface area contributed by atoms with Gasteiger partial charge in [-0.3, -0.25) is 0 Å². The summed E-state index contributed by atoms with van der Waals surface area (Å²) >= 11 is 0. The molecular formula is C18H18OSi. The molecule has 100 valence electrons. The van der Waals surface area contributed by atoms with Crippen LogP contribution in [0, 0.1) is 0 Å². The summed E-state index contributed by atoms with van der Waals surface area (Å²) < 4.78 is 6.33. The predicted molar refractivity (Wildman–Crippen MR) is 88.1 cm³/mol. The summed E-state index contributed by atoms with van der Waals surface area (Å²) in [6.07, 6.45) is 0. The van der Waals surface area contributed by atoms with Gasteiger partial charge in [0, 0.05) is 0 Å². The maximum Gasteiger partial charge on any atom is 0.276 e. The van der Waals surface area contributed by atoms with Crippen LogP contribution in [-0.4, -0.2) is 8.32 Å². The number of fused-ring (bicyclic) bond motifs is 1. The van der Waals surface area contributed by atoms with Crippen LogP contribution in [0.1, 0.15) is 0 Å². The third-order valence-corrected chi connectivity index (χ3v) is 6.03. The molecule has 3 rings (SSSR count). The van der Waals surface area contributed by atoms with E-state index in [-0.39, 0.29) is 0 Å². The molecule has 0 aliphatic rings. The molecule has 20 heavy (non-hydrogen) atoms. The fourth-order valence-electron chi connectivity index (χ4n) is 2.42. The molecule has 0 aromatic heterocycles. The Kier molecular flexibility index (Phi) is 3.33. The largest absolute Gasteiger partial charge is 0.540 e. The first-order chi connectivity index (χ1) is 9.65. The summed E-state index contributed by atoms with van der Waals surface area (Å²) in [5.41, 5.74) is 0. The van der Waals surface area contributed by atoms with Crippen LogP contribution in [0.2, 0.25) is 13.1 Å². The van der Waals surface area contributed by atoms with Crippen molar-refractivity contribution in [3.63, 3.8) is 0 Å². The maximum absolute atomic E-state index is 6.33. The number of rotatable bonds is 3. The van der Waals surface area contributed by atoms with Crippen molar-refractivity contribution in [1.29, 1.82) is 0 Å². The van der Waals surface area contributed by atoms with E-state index in [1.54, 1.807) is 0 Å². The van der Waals surface area contributed by atoms with Crippen LogP contribution in [0.25, 0.3) is 10.8 Å². The van der Waals surface area contributed by atoms with E-state index in [1.165, 1.54) is 16.0 Å². The fourth-order valence-corrected chi connectivity index (χ4v) is 4.25. The lowest BCUT2D eigenvalue weighted by Crippen LogP contribution is -2.47. The van der Waals surface area contributed by atoms with E-state index in [0.29, 0.717) is 0 Å². The van der Waals surface area contributed by atoms with Gasteiger partial charge < -0.3 is 4.43 Å². The Labute approximate surface area is 121 Å². The Morgan fingerprint density at radius 1 is 0.700 bits per heavy atom. The van der Waals surface area contributed by atoms with Gasteiger partial charge in [0.05, 0.1) is 0 Å². The lowest BCUT2D eigenvalue weighted by Gasteiger charge is -2.24. The van der Waals surface area contributed by atoms with Gasteiger partial charge in [-0.05, 0) is 41.2 Å². The first kappa shape index (κ1) is 12.9. The van der Waals surface area contributed by atoms with Crippen LogP contribution < -0.4 is 9.61 Å². The van der Waals surface area contributed by atoms with E-state index in [9.17, 15) is 0 Å². The Morgan fingerprint density at radius 3 is 2.10 bits per heavy atom. The quantitative estimate of drug-likeness (QED) is 0.648. The molecule has 3 aromatic rings. The molecule has 0 unspecified atom stereocenters. The maximum atomic E-state index is 6.33. The van der Waals surface area contributed by atoms with Gasteiger partial charge >= 0.3 is 0 Å². The highest BCUT2D eigenvalue weighted by Crippen LogP contribution is 2.23. The zero-order valence-electron chi connectivity index (χ0n) is 11.8. The first-order valence-corrected chi connectivity index (χ1v) is 9.79. The molecule has 3 aromatic carbocycles. The van der Waals surface area contributed by atoms with Gasteiger partial charge in [-0.1, -0.05) is 60.7 Å². The minimum Gasteiger partial charge on any atom is -0.540 e. The number of hydrogen-bond donors (Lipinski definition) is 0. The van der Waals surface area contributed by atoms with Gasteiger partial charge in [-0.15, -0.1) is 0 Å². The number of hydrogen-bond acceptors (Lipinski definition) is 1. The third kappa shape index (κ3) is 2.61. The topological polar surface area (TPSA) is 9.23 Å². The second kappa shape index (κ2) is 5.14. The minimum atomic E-state index is -1.91. The van der Waals surface area contributed by atoms with Gasteiger partial charge in [-0.25, -0.2) is 0 Å². The van der Waals surface area contributed by atoms with E-state index in [1.807, 2.05) is 6.07 Å². The molecule has 2 heteroatoms. The Hall–Kier alpha value is -2.06. The van der Waals surface area contributed by atoms with Crippen molar-refractivity contribution in [3.05, 3.63) is 72.8 Å². The average Bonchev–Trinajstić information content (AvgIpc) is 2.48. The van der Waals surface area contributed by atoms with Gasteiger partial charge in [0.2, 0.25) is 0 Å². The van der Waals surface area contributed by atoms with Crippen LogP contribution in [0.4, 0.5) is 0 Å². The van der Waals surface area contributed by atoms with E-state index in [4.69, 9.17) is 4.43 Å². The van der Waals surface area contributed by atoms with Crippen molar-refractivity contribution in [2.75, 3.05) is 0 Å². The zero-order chi connectivity index (χ0) is 14.0. The molecule has 0 atom stereocenters. The highest BCUT2D eigenvalue weighted by molar-refractivity contribution is 6.84. The molecule has 0 saturated heterocycles. The molecule has 0 bridgehead atoms. The summed E-state index contributed by atoms with van der Waals surface area (Å²) in [6.45, 7) is 4.47. The van der Waals surface area contributed by atoms with Crippen molar-refractivity contribution < 1.29 is 4.43 Å². The van der Waals surface area contributed by atoms with Crippen LogP contribution in [0.3, 0.4) is 0 Å². The van der Waals surface area contributed by atoms with Gasteiger partial charge in [-0.2, -0.15) is 0 Å². The molecule has 0 spiro atoms. The molecule has 0 saturated carbocycles. The van der Waals surface area contributed by atoms with E-state index in [2.05, 4.69) is 79.8 Å². The zero-order valence-corrected chi connectivity index (χ0v) is 12.8. The van der Waals surface area contributed by atoms with E-state index < -0.39 is 8.32 Å². The Bertz CT molecular complexity index is 720. The lowest BCUT2D eigenvalue weighted by atomic mass is 10.1. The van der Waals surface area contributed by atoms with Crippen LogP contribution >= 0.6 is 0 Å². The van der Waals surface area contributed by atoms with Crippen molar-refractivity contribution in [2.24, 2.45) is 0 Å². The number of benzene rings is 3. The standard InChI is InChI=1S/C18H18OSi/c1-20(2,18-10-4-3-5-11-18)19-17-13-12-15-8-6-7-9-16(15)14-17/h3-14H,1-2H3. The van der Waals surface area contributed by atoms with Crippen LogP contribution in [0.15, 0.2) is 72.8 Å². The molecule has 0 aliphatic heterocycles. The van der Waals surface area contributed by atoms with Gasteiger partial charge in [0.1, 0.15) is 5.75 Å². The summed E-state index contributed by atoms with van der Waals surface area (Å²) in [5.74, 6) is 0.962. The SMILES string of the molecule is C[Si](C)(Oc1ccc2ccccc2c1)c1ccccc1. The smallest absolute Gasteiger partial charge is 0.276 e. The summed E-state index contributed by atoms with van der Waals surface area (Å²) in [4.78, 5) is 0. The molecular weight excluding hydrogens is 260 g/mol. The van der Waals surface area contributed by atoms with Crippen molar-refractivity contribution in [1.82, 2.24) is 0 Å². The normalized spacial score (nSPS) is 11.5. The highest BCUT2D eigenvalue weighted by atomic mass is 28.4. The second-order valence-corrected chi connectivity index (χ2v) is 9.29. The first-order valence-electron chi connectivity index (χ1n) is 6.88. The second-order valence-electron chi connectivity index (χ2n) is 5.49. The molecule has 0 amide bonds. The van der Waals surface area contributed by atoms with Crippen LogP contribution in [-0.2, 0) is 0 Å². The Morgan fingerprint density at radius 2 is 1.35 bits per heavy atom. The molecule has 1 nitrogen and oxygen atoms in total. The predicted octanol–water partition coefficient (Wildman–Crippen LogP) is 4.33. The van der Waals surface area contributed by atoms with Crippen molar-refractivity contribution in [2.45, 2.75) is 13.1 Å².